The van der Waals surface area contributed by atoms with Crippen molar-refractivity contribution < 1.29 is 28.1 Å². The van der Waals surface area contributed by atoms with Crippen LogP contribution in [0.15, 0.2) is 48.5 Å². The first-order valence-electron chi connectivity index (χ1n) is 13.0. The molecule has 3 aromatic rings. The van der Waals surface area contributed by atoms with Gasteiger partial charge in [0.15, 0.2) is 11.6 Å². The van der Waals surface area contributed by atoms with E-state index in [0.717, 1.165) is 42.8 Å². The average Bonchev–Trinajstić information content (AvgIpc) is 3.48. The van der Waals surface area contributed by atoms with Crippen molar-refractivity contribution in [3.63, 3.8) is 0 Å². The molecule has 1 saturated heterocycles. The summed E-state index contributed by atoms with van der Waals surface area (Å²) in [4.78, 5) is 2.10. The van der Waals surface area contributed by atoms with Crippen molar-refractivity contribution in [3.8, 4) is 17.3 Å². The lowest BCUT2D eigenvalue weighted by Gasteiger charge is -2.29. The van der Waals surface area contributed by atoms with Crippen molar-refractivity contribution >= 4 is 0 Å². The zero-order chi connectivity index (χ0) is 27.3. The van der Waals surface area contributed by atoms with Crippen LogP contribution in [0.3, 0.4) is 0 Å². The summed E-state index contributed by atoms with van der Waals surface area (Å²) < 4.78 is 47.6. The molecule has 2 heterocycles. The molecule has 1 aliphatic rings. The maximum Gasteiger partial charge on any atom is 0.227 e. The third-order valence-corrected chi connectivity index (χ3v) is 6.28. The van der Waals surface area contributed by atoms with Crippen LogP contribution < -0.4 is 4.74 Å². The minimum Gasteiger partial charge on any atom is -0.435 e. The van der Waals surface area contributed by atoms with Gasteiger partial charge < -0.3 is 19.3 Å². The fraction of sp³-hybridized carbons (Fsp3) is 0.483. The molecule has 2 aromatic carbocycles. The Morgan fingerprint density at radius 2 is 1.95 bits per heavy atom. The Bertz CT molecular complexity index is 1190. The van der Waals surface area contributed by atoms with Crippen LogP contribution in [0.5, 0.6) is 11.6 Å². The maximum absolute atomic E-state index is 14.6. The fourth-order valence-corrected chi connectivity index (χ4v) is 4.43. The number of nitrogens with zero attached hydrogens (tertiary/aromatic N) is 3. The Hall–Kier alpha value is -2.85. The molecule has 0 bridgehead atoms. The number of hydrogen-bond donors (Lipinski definition) is 1. The van der Waals surface area contributed by atoms with Crippen LogP contribution in [0.1, 0.15) is 44.9 Å². The molecule has 0 saturated carbocycles. The summed E-state index contributed by atoms with van der Waals surface area (Å²) in [5.74, 6) is -1.26. The van der Waals surface area contributed by atoms with E-state index < -0.39 is 17.7 Å². The highest BCUT2D eigenvalue weighted by Gasteiger charge is 2.27. The number of aliphatic hydroxyl groups excluding tert-OH is 1. The Balaban J connectivity index is 1.66. The number of para-hydroxylation sites is 1. The third-order valence-electron chi connectivity index (χ3n) is 6.28. The highest BCUT2D eigenvalue weighted by molar-refractivity contribution is 5.43. The van der Waals surface area contributed by atoms with Crippen molar-refractivity contribution in [3.05, 3.63) is 71.4 Å². The lowest BCUT2D eigenvalue weighted by Crippen LogP contribution is -2.40. The minimum absolute atomic E-state index is 0.0501. The lowest BCUT2D eigenvalue weighted by atomic mass is 10.1. The molecule has 1 fully saturated rings. The van der Waals surface area contributed by atoms with Gasteiger partial charge in [0.05, 0.1) is 41.4 Å². The highest BCUT2D eigenvalue weighted by atomic mass is 19.1. The molecule has 206 valence electrons. The lowest BCUT2D eigenvalue weighted by molar-refractivity contribution is -0.0594. The molecular formula is C29H37F2N3O4. The van der Waals surface area contributed by atoms with Gasteiger partial charge in [0.2, 0.25) is 5.88 Å². The van der Waals surface area contributed by atoms with Crippen LogP contribution >= 0.6 is 0 Å². The SMILES string of the molecule is Cc1nn(-c2ccccc2)c(Oc2ccc(F)cc2F)c1CN(C[C@H](O)COC(C)(C)C)C[C@@H]1CCCO1. The molecule has 7 nitrogen and oxygen atoms in total. The van der Waals surface area contributed by atoms with Gasteiger partial charge in [-0.25, -0.2) is 13.5 Å². The number of hydrogen-bond acceptors (Lipinski definition) is 6. The molecule has 4 rings (SSSR count). The third kappa shape index (κ3) is 7.60. The van der Waals surface area contributed by atoms with Crippen molar-refractivity contribution in [2.24, 2.45) is 0 Å². The van der Waals surface area contributed by atoms with E-state index in [4.69, 9.17) is 19.3 Å². The second-order valence-corrected chi connectivity index (χ2v) is 10.7. The number of ether oxygens (including phenoxy) is 3. The normalized spacial score (nSPS) is 16.8. The van der Waals surface area contributed by atoms with Crippen LogP contribution in [-0.2, 0) is 16.0 Å². The number of aliphatic hydroxyl groups is 1. The van der Waals surface area contributed by atoms with E-state index in [1.807, 2.05) is 58.0 Å². The molecule has 1 aliphatic heterocycles. The number of rotatable bonds is 11. The Kier molecular flexibility index (Phi) is 9.15. The molecule has 9 heteroatoms. The zero-order valence-electron chi connectivity index (χ0n) is 22.5. The zero-order valence-corrected chi connectivity index (χ0v) is 22.5. The summed E-state index contributed by atoms with van der Waals surface area (Å²) in [6, 6.07) is 12.6. The molecule has 1 aromatic heterocycles. The van der Waals surface area contributed by atoms with Crippen LogP contribution in [0.2, 0.25) is 0 Å². The molecule has 38 heavy (non-hydrogen) atoms. The Morgan fingerprint density at radius 3 is 2.61 bits per heavy atom. The summed E-state index contributed by atoms with van der Waals surface area (Å²) in [5, 5.41) is 15.5. The van der Waals surface area contributed by atoms with E-state index in [1.54, 1.807) is 4.68 Å². The second-order valence-electron chi connectivity index (χ2n) is 10.7. The van der Waals surface area contributed by atoms with E-state index in [0.29, 0.717) is 31.2 Å². The monoisotopic (exact) mass is 529 g/mol. The van der Waals surface area contributed by atoms with E-state index in [-0.39, 0.29) is 24.1 Å². The number of halogens is 2. The first-order chi connectivity index (χ1) is 18.1. The molecular weight excluding hydrogens is 492 g/mol. The molecule has 0 amide bonds. The first-order valence-corrected chi connectivity index (χ1v) is 13.0. The smallest absolute Gasteiger partial charge is 0.227 e. The second kappa shape index (κ2) is 12.3. The summed E-state index contributed by atoms with van der Waals surface area (Å²) in [6.45, 7) is 9.95. The van der Waals surface area contributed by atoms with Gasteiger partial charge in [-0.2, -0.15) is 5.10 Å². The molecule has 0 aliphatic carbocycles. The topological polar surface area (TPSA) is 69.0 Å². The predicted molar refractivity (Wildman–Crippen MR) is 141 cm³/mol. The first kappa shape index (κ1) is 28.2. The van der Waals surface area contributed by atoms with E-state index in [1.165, 1.54) is 6.07 Å². The van der Waals surface area contributed by atoms with Crippen LogP contribution in [-0.4, -0.2) is 63.9 Å². The highest BCUT2D eigenvalue weighted by Crippen LogP contribution is 2.33. The Labute approximate surface area is 222 Å². The van der Waals surface area contributed by atoms with Crippen molar-refractivity contribution in [2.75, 3.05) is 26.3 Å². The van der Waals surface area contributed by atoms with Gasteiger partial charge >= 0.3 is 0 Å². The van der Waals surface area contributed by atoms with Crippen molar-refractivity contribution in [1.82, 2.24) is 14.7 Å². The summed E-state index contributed by atoms with van der Waals surface area (Å²) >= 11 is 0. The largest absolute Gasteiger partial charge is 0.435 e. The molecule has 0 unspecified atom stereocenters. The fourth-order valence-electron chi connectivity index (χ4n) is 4.43. The number of benzene rings is 2. The van der Waals surface area contributed by atoms with Crippen LogP contribution in [0.25, 0.3) is 5.69 Å². The van der Waals surface area contributed by atoms with E-state index in [2.05, 4.69) is 4.90 Å². The van der Waals surface area contributed by atoms with Crippen LogP contribution in [0, 0.1) is 18.6 Å². The van der Waals surface area contributed by atoms with Gasteiger partial charge in [-0.1, -0.05) is 18.2 Å². The average molecular weight is 530 g/mol. The van der Waals surface area contributed by atoms with Crippen molar-refractivity contribution in [1.29, 1.82) is 0 Å². The van der Waals surface area contributed by atoms with Gasteiger partial charge in [0, 0.05) is 32.3 Å². The predicted octanol–water partition coefficient (Wildman–Crippen LogP) is 5.41. The summed E-state index contributed by atoms with van der Waals surface area (Å²) in [7, 11) is 0. The van der Waals surface area contributed by atoms with E-state index in [9.17, 15) is 13.9 Å². The summed E-state index contributed by atoms with van der Waals surface area (Å²) in [6.07, 6.45) is 1.27. The molecule has 0 radical (unpaired) electrons. The quantitative estimate of drug-likeness (QED) is 0.358. The van der Waals surface area contributed by atoms with Crippen LogP contribution in [0.4, 0.5) is 8.78 Å². The van der Waals surface area contributed by atoms with Gasteiger partial charge in [-0.05, 0) is 64.8 Å². The molecule has 2 atom stereocenters. The van der Waals surface area contributed by atoms with Gasteiger partial charge in [0.1, 0.15) is 5.82 Å². The van der Waals surface area contributed by atoms with Gasteiger partial charge in [0.25, 0.3) is 0 Å². The number of aryl methyl sites for hydroxylation is 1. The van der Waals surface area contributed by atoms with Gasteiger partial charge in [-0.15, -0.1) is 0 Å². The minimum atomic E-state index is -0.805. The standard InChI is InChI=1S/C29H37F2N3O4/c1-20-25(18-33(17-24-11-8-14-36-24)16-23(35)19-37-29(2,3)4)28(34(32-20)22-9-6-5-7-10-22)38-27-13-12-21(30)15-26(27)31/h5-7,9-10,12-13,15,23-24,35H,8,11,14,16-19H2,1-4H3/t23-,24-/m0/s1. The van der Waals surface area contributed by atoms with Gasteiger partial charge in [-0.3, -0.25) is 4.90 Å². The number of aromatic nitrogens is 2. The maximum atomic E-state index is 14.6. The molecule has 0 spiro atoms. The molecule has 1 N–H and O–H groups in total. The summed E-state index contributed by atoms with van der Waals surface area (Å²) in [5.41, 5.74) is 1.81. The Morgan fingerprint density at radius 1 is 1.18 bits per heavy atom. The van der Waals surface area contributed by atoms with Crippen molar-refractivity contribution in [2.45, 2.75) is 64.9 Å². The van der Waals surface area contributed by atoms with E-state index >= 15 is 0 Å².